The van der Waals surface area contributed by atoms with Crippen LogP contribution >= 0.6 is 0 Å². The lowest BCUT2D eigenvalue weighted by atomic mass is 9.82. The van der Waals surface area contributed by atoms with Gasteiger partial charge < -0.3 is 9.84 Å². The van der Waals surface area contributed by atoms with Gasteiger partial charge in [-0.05, 0) is 38.0 Å². The summed E-state index contributed by atoms with van der Waals surface area (Å²) in [6.45, 7) is 6.10. The van der Waals surface area contributed by atoms with Crippen molar-refractivity contribution in [3.05, 3.63) is 0 Å². The highest BCUT2D eigenvalue weighted by Crippen LogP contribution is 2.30. The van der Waals surface area contributed by atoms with Gasteiger partial charge in [-0.1, -0.05) is 20.8 Å². The Kier molecular flexibility index (Phi) is 5.63. The number of rotatable bonds is 5. The molecule has 0 saturated heterocycles. The number of aliphatic carboxylic acids is 1. The van der Waals surface area contributed by atoms with Crippen molar-refractivity contribution >= 4 is 11.9 Å². The van der Waals surface area contributed by atoms with Gasteiger partial charge in [0, 0.05) is 0 Å². The summed E-state index contributed by atoms with van der Waals surface area (Å²) >= 11 is 0. The van der Waals surface area contributed by atoms with Gasteiger partial charge >= 0.3 is 11.9 Å². The van der Waals surface area contributed by atoms with E-state index in [0.717, 1.165) is 6.42 Å². The molecule has 1 rings (SSSR count). The fourth-order valence-corrected chi connectivity index (χ4v) is 2.51. The third-order valence-electron chi connectivity index (χ3n) is 3.82. The maximum Gasteiger partial charge on any atom is 0.309 e. The second kappa shape index (κ2) is 6.76. The monoisotopic (exact) mass is 256 g/mol. The lowest BCUT2D eigenvalue weighted by Gasteiger charge is -2.27. The summed E-state index contributed by atoms with van der Waals surface area (Å²) in [6, 6.07) is 0. The summed E-state index contributed by atoms with van der Waals surface area (Å²) in [6.07, 6.45) is 3.28. The van der Waals surface area contributed by atoms with Crippen molar-refractivity contribution in [2.24, 2.45) is 17.8 Å². The lowest BCUT2D eigenvalue weighted by Crippen LogP contribution is -2.31. The largest absolute Gasteiger partial charge is 0.481 e. The second-order valence-electron chi connectivity index (χ2n) is 5.51. The van der Waals surface area contributed by atoms with Gasteiger partial charge in [-0.25, -0.2) is 0 Å². The van der Waals surface area contributed by atoms with Crippen LogP contribution in [0.15, 0.2) is 0 Å². The number of esters is 1. The highest BCUT2D eigenvalue weighted by atomic mass is 16.5. The Labute approximate surface area is 109 Å². The van der Waals surface area contributed by atoms with Crippen LogP contribution in [0.4, 0.5) is 0 Å². The van der Waals surface area contributed by atoms with Crippen molar-refractivity contribution in [2.45, 2.75) is 59.0 Å². The summed E-state index contributed by atoms with van der Waals surface area (Å²) < 4.78 is 5.51. The van der Waals surface area contributed by atoms with E-state index in [9.17, 15) is 9.59 Å². The van der Waals surface area contributed by atoms with Crippen molar-refractivity contribution < 1.29 is 19.4 Å². The minimum atomic E-state index is -0.740. The normalized spacial score (nSPS) is 25.8. The minimum absolute atomic E-state index is 0.0188. The third kappa shape index (κ3) is 4.00. The van der Waals surface area contributed by atoms with Gasteiger partial charge in [0.25, 0.3) is 0 Å². The first-order valence-electron chi connectivity index (χ1n) is 6.89. The predicted octanol–water partition coefficient (Wildman–Crippen LogP) is 2.86. The molecule has 1 fully saturated rings. The molecule has 0 aromatic carbocycles. The first-order valence-corrected chi connectivity index (χ1v) is 6.89. The topological polar surface area (TPSA) is 63.6 Å². The molecule has 1 N–H and O–H groups in total. The maximum atomic E-state index is 12.0. The molecule has 0 amide bonds. The molecule has 104 valence electrons. The van der Waals surface area contributed by atoms with E-state index in [-0.39, 0.29) is 23.9 Å². The average Bonchev–Trinajstić information content (AvgIpc) is 2.35. The van der Waals surface area contributed by atoms with Crippen molar-refractivity contribution in [2.75, 3.05) is 0 Å². The van der Waals surface area contributed by atoms with Crippen LogP contribution in [0.3, 0.4) is 0 Å². The van der Waals surface area contributed by atoms with Crippen LogP contribution in [0.25, 0.3) is 0 Å². The first-order chi connectivity index (χ1) is 8.45. The number of carboxylic acid groups (broad SMARTS) is 1. The zero-order valence-electron chi connectivity index (χ0n) is 11.5. The van der Waals surface area contributed by atoms with Crippen LogP contribution in [-0.2, 0) is 14.3 Å². The summed E-state index contributed by atoms with van der Waals surface area (Å²) in [5, 5.41) is 8.90. The molecule has 0 bridgehead atoms. The fourth-order valence-electron chi connectivity index (χ4n) is 2.51. The molecule has 1 unspecified atom stereocenters. The predicted molar refractivity (Wildman–Crippen MR) is 68.1 cm³/mol. The highest BCUT2D eigenvalue weighted by Gasteiger charge is 2.31. The van der Waals surface area contributed by atoms with Gasteiger partial charge in [-0.3, -0.25) is 9.59 Å². The Morgan fingerprint density at radius 2 is 1.67 bits per heavy atom. The van der Waals surface area contributed by atoms with Crippen LogP contribution in [-0.4, -0.2) is 23.1 Å². The Morgan fingerprint density at radius 3 is 2.06 bits per heavy atom. The van der Waals surface area contributed by atoms with Crippen molar-refractivity contribution in [3.8, 4) is 0 Å². The number of hydrogen-bond donors (Lipinski definition) is 1. The Morgan fingerprint density at radius 1 is 1.17 bits per heavy atom. The quantitative estimate of drug-likeness (QED) is 0.768. The SMILES string of the molecule is CCC(OC(=O)C1CCC(C(=O)O)CC1)C(C)C. The van der Waals surface area contributed by atoms with E-state index in [2.05, 4.69) is 0 Å². The van der Waals surface area contributed by atoms with Gasteiger partial charge in [0.1, 0.15) is 6.10 Å². The number of carboxylic acids is 1. The smallest absolute Gasteiger partial charge is 0.309 e. The zero-order valence-corrected chi connectivity index (χ0v) is 11.5. The van der Waals surface area contributed by atoms with Gasteiger partial charge in [0.2, 0.25) is 0 Å². The van der Waals surface area contributed by atoms with Crippen molar-refractivity contribution in [1.29, 1.82) is 0 Å². The molecule has 4 nitrogen and oxygen atoms in total. The zero-order chi connectivity index (χ0) is 13.7. The molecule has 0 radical (unpaired) electrons. The molecule has 1 atom stereocenters. The third-order valence-corrected chi connectivity index (χ3v) is 3.82. The molecule has 0 aromatic heterocycles. The number of hydrogen-bond acceptors (Lipinski definition) is 3. The van der Waals surface area contributed by atoms with E-state index in [0.29, 0.717) is 31.6 Å². The first kappa shape index (κ1) is 15.0. The molecule has 0 heterocycles. The molecule has 0 spiro atoms. The second-order valence-corrected chi connectivity index (χ2v) is 5.51. The van der Waals surface area contributed by atoms with E-state index in [1.54, 1.807) is 0 Å². The molecule has 18 heavy (non-hydrogen) atoms. The van der Waals surface area contributed by atoms with E-state index in [1.807, 2.05) is 20.8 Å². The molecular formula is C14H24O4. The molecule has 0 aromatic rings. The van der Waals surface area contributed by atoms with Crippen LogP contribution in [0.5, 0.6) is 0 Å². The van der Waals surface area contributed by atoms with E-state index in [1.165, 1.54) is 0 Å². The van der Waals surface area contributed by atoms with E-state index < -0.39 is 5.97 Å². The molecule has 1 saturated carbocycles. The standard InChI is InChI=1S/C14H24O4/c1-4-12(9(2)3)18-14(17)11-7-5-10(6-8-11)13(15)16/h9-12H,4-8H2,1-3H3,(H,15,16). The molecule has 1 aliphatic carbocycles. The summed E-state index contributed by atoms with van der Waals surface area (Å²) in [7, 11) is 0. The van der Waals surface area contributed by atoms with Crippen LogP contribution in [0.2, 0.25) is 0 Å². The minimum Gasteiger partial charge on any atom is -0.481 e. The maximum absolute atomic E-state index is 12.0. The Hall–Kier alpha value is -1.06. The van der Waals surface area contributed by atoms with Gasteiger partial charge in [-0.15, -0.1) is 0 Å². The van der Waals surface area contributed by atoms with Crippen LogP contribution in [0, 0.1) is 17.8 Å². The number of carbonyl (C=O) groups is 2. The molecular weight excluding hydrogens is 232 g/mol. The highest BCUT2D eigenvalue weighted by molar-refractivity contribution is 5.74. The van der Waals surface area contributed by atoms with Crippen LogP contribution < -0.4 is 0 Å². The molecule has 0 aliphatic heterocycles. The Bertz CT molecular complexity index is 290. The van der Waals surface area contributed by atoms with Crippen LogP contribution in [0.1, 0.15) is 52.9 Å². The summed E-state index contributed by atoms with van der Waals surface area (Å²) in [5.41, 5.74) is 0. The molecule has 4 heteroatoms. The van der Waals surface area contributed by atoms with Crippen molar-refractivity contribution in [1.82, 2.24) is 0 Å². The lowest BCUT2D eigenvalue weighted by molar-refractivity contribution is -0.159. The summed E-state index contributed by atoms with van der Waals surface area (Å²) in [4.78, 5) is 22.8. The van der Waals surface area contributed by atoms with Gasteiger partial charge in [0.05, 0.1) is 11.8 Å². The summed E-state index contributed by atoms with van der Waals surface area (Å²) in [5.74, 6) is -0.932. The average molecular weight is 256 g/mol. The number of carbonyl (C=O) groups excluding carboxylic acids is 1. The number of ether oxygens (including phenoxy) is 1. The van der Waals surface area contributed by atoms with Gasteiger partial charge in [-0.2, -0.15) is 0 Å². The fraction of sp³-hybridized carbons (Fsp3) is 0.857. The van der Waals surface area contributed by atoms with Crippen molar-refractivity contribution in [3.63, 3.8) is 0 Å². The van der Waals surface area contributed by atoms with E-state index in [4.69, 9.17) is 9.84 Å². The molecule has 1 aliphatic rings. The van der Waals surface area contributed by atoms with Gasteiger partial charge in [0.15, 0.2) is 0 Å². The Balaban J connectivity index is 2.42. The van der Waals surface area contributed by atoms with E-state index >= 15 is 0 Å².